The average molecular weight is 264 g/mol. The Bertz CT molecular complexity index is 405. The first-order chi connectivity index (χ1) is 9.04. The second-order valence-electron chi connectivity index (χ2n) is 4.90. The third kappa shape index (κ3) is 5.30. The molecule has 0 spiro atoms. The van der Waals surface area contributed by atoms with Crippen molar-refractivity contribution in [3.63, 3.8) is 0 Å². The summed E-state index contributed by atoms with van der Waals surface area (Å²) >= 11 is 0. The van der Waals surface area contributed by atoms with E-state index < -0.39 is 6.04 Å². The molecule has 19 heavy (non-hydrogen) atoms. The van der Waals surface area contributed by atoms with Crippen LogP contribution in [0.2, 0.25) is 0 Å². The average Bonchev–Trinajstić information content (AvgIpc) is 2.37. The first-order valence-corrected chi connectivity index (χ1v) is 6.86. The van der Waals surface area contributed by atoms with E-state index in [1.807, 2.05) is 38.1 Å². The lowest BCUT2D eigenvalue weighted by molar-refractivity contribution is -0.117. The van der Waals surface area contributed by atoms with Crippen LogP contribution in [-0.4, -0.2) is 18.1 Å². The molecule has 0 fully saturated rings. The minimum absolute atomic E-state index is 0.0619. The van der Waals surface area contributed by atoms with Gasteiger partial charge in [-0.3, -0.25) is 4.79 Å². The third-order valence-corrected chi connectivity index (χ3v) is 2.71. The van der Waals surface area contributed by atoms with E-state index in [0.717, 1.165) is 12.8 Å². The van der Waals surface area contributed by atoms with Gasteiger partial charge in [-0.2, -0.15) is 0 Å². The number of carbonyl (C=O) groups excluding carboxylic acids is 1. The Hall–Kier alpha value is -1.55. The fourth-order valence-corrected chi connectivity index (χ4v) is 1.71. The van der Waals surface area contributed by atoms with Gasteiger partial charge in [0.25, 0.3) is 0 Å². The number of para-hydroxylation sites is 2. The number of benzene rings is 1. The van der Waals surface area contributed by atoms with Crippen LogP contribution in [0.1, 0.15) is 40.0 Å². The topological polar surface area (TPSA) is 64.4 Å². The van der Waals surface area contributed by atoms with Crippen molar-refractivity contribution in [2.24, 2.45) is 5.73 Å². The summed E-state index contributed by atoms with van der Waals surface area (Å²) in [6, 6.07) is 6.94. The predicted molar refractivity (Wildman–Crippen MR) is 78.3 cm³/mol. The van der Waals surface area contributed by atoms with Crippen LogP contribution in [0.5, 0.6) is 5.75 Å². The summed E-state index contributed by atoms with van der Waals surface area (Å²) < 4.78 is 5.65. The summed E-state index contributed by atoms with van der Waals surface area (Å²) in [7, 11) is 0. The Morgan fingerprint density at radius 1 is 1.37 bits per heavy atom. The van der Waals surface area contributed by atoms with E-state index in [1.165, 1.54) is 0 Å². The van der Waals surface area contributed by atoms with Gasteiger partial charge in [-0.15, -0.1) is 0 Å². The van der Waals surface area contributed by atoms with E-state index in [1.54, 1.807) is 0 Å². The summed E-state index contributed by atoms with van der Waals surface area (Å²) in [6.07, 6.45) is 2.76. The van der Waals surface area contributed by atoms with Crippen molar-refractivity contribution in [3.8, 4) is 5.75 Å². The van der Waals surface area contributed by atoms with Gasteiger partial charge in [-0.05, 0) is 32.4 Å². The molecule has 3 N–H and O–H groups in total. The summed E-state index contributed by atoms with van der Waals surface area (Å²) in [5, 5.41) is 2.84. The van der Waals surface area contributed by atoms with Crippen LogP contribution in [0.15, 0.2) is 24.3 Å². The third-order valence-electron chi connectivity index (χ3n) is 2.71. The molecule has 0 saturated carbocycles. The Kier molecular flexibility index (Phi) is 6.36. The van der Waals surface area contributed by atoms with Crippen molar-refractivity contribution in [1.82, 2.24) is 0 Å². The van der Waals surface area contributed by atoms with Crippen LogP contribution in [-0.2, 0) is 4.79 Å². The number of ether oxygens (including phenoxy) is 1. The van der Waals surface area contributed by atoms with E-state index in [0.29, 0.717) is 17.9 Å². The zero-order valence-electron chi connectivity index (χ0n) is 12.0. The molecule has 1 rings (SSSR count). The second kappa shape index (κ2) is 7.79. The molecule has 0 radical (unpaired) electrons. The Morgan fingerprint density at radius 3 is 2.68 bits per heavy atom. The Morgan fingerprint density at radius 2 is 2.05 bits per heavy atom. The van der Waals surface area contributed by atoms with E-state index in [2.05, 4.69) is 12.2 Å². The first-order valence-electron chi connectivity index (χ1n) is 6.86. The highest BCUT2D eigenvalue weighted by Gasteiger charge is 2.15. The normalized spacial score (nSPS) is 12.3. The maximum absolute atomic E-state index is 12.0. The largest absolute Gasteiger partial charge is 0.489 e. The van der Waals surface area contributed by atoms with Gasteiger partial charge in [-0.1, -0.05) is 31.9 Å². The zero-order chi connectivity index (χ0) is 14.3. The van der Waals surface area contributed by atoms with Gasteiger partial charge >= 0.3 is 0 Å². The second-order valence-corrected chi connectivity index (χ2v) is 4.90. The minimum atomic E-state index is -0.466. The van der Waals surface area contributed by atoms with E-state index in [4.69, 9.17) is 10.5 Å². The fraction of sp³-hybridized carbons (Fsp3) is 0.533. The molecule has 0 aromatic heterocycles. The molecule has 1 aromatic carbocycles. The quantitative estimate of drug-likeness (QED) is 0.796. The molecular weight excluding hydrogens is 240 g/mol. The van der Waals surface area contributed by atoms with Crippen molar-refractivity contribution in [1.29, 1.82) is 0 Å². The van der Waals surface area contributed by atoms with Crippen LogP contribution in [0, 0.1) is 0 Å². The van der Waals surface area contributed by atoms with Gasteiger partial charge in [-0.25, -0.2) is 0 Å². The highest BCUT2D eigenvalue weighted by atomic mass is 16.5. The molecule has 0 bridgehead atoms. The molecule has 0 saturated heterocycles. The monoisotopic (exact) mass is 264 g/mol. The lowest BCUT2D eigenvalue weighted by Crippen LogP contribution is -2.35. The zero-order valence-corrected chi connectivity index (χ0v) is 12.0. The number of rotatable bonds is 7. The molecule has 4 nitrogen and oxygen atoms in total. The summed E-state index contributed by atoms with van der Waals surface area (Å²) in [6.45, 7) is 5.98. The van der Waals surface area contributed by atoms with Gasteiger partial charge in [0.1, 0.15) is 5.75 Å². The molecule has 0 heterocycles. The lowest BCUT2D eigenvalue weighted by Gasteiger charge is -2.16. The summed E-state index contributed by atoms with van der Waals surface area (Å²) in [4.78, 5) is 12.0. The first kappa shape index (κ1) is 15.5. The number of nitrogens with one attached hydrogen (secondary N) is 1. The fourth-order valence-electron chi connectivity index (χ4n) is 1.71. The van der Waals surface area contributed by atoms with Crippen LogP contribution in [0.4, 0.5) is 5.69 Å². The van der Waals surface area contributed by atoms with Gasteiger partial charge in [0.2, 0.25) is 5.91 Å². The van der Waals surface area contributed by atoms with E-state index in [9.17, 15) is 4.79 Å². The molecule has 1 atom stereocenters. The molecule has 4 heteroatoms. The number of unbranched alkanes of at least 4 members (excludes halogenated alkanes) is 1. The van der Waals surface area contributed by atoms with Crippen molar-refractivity contribution in [2.45, 2.75) is 52.2 Å². The van der Waals surface area contributed by atoms with Gasteiger partial charge in [0.05, 0.1) is 17.8 Å². The number of amides is 1. The molecule has 0 aliphatic heterocycles. The lowest BCUT2D eigenvalue weighted by atomic mass is 10.1. The van der Waals surface area contributed by atoms with Crippen molar-refractivity contribution >= 4 is 11.6 Å². The number of anilines is 1. The minimum Gasteiger partial charge on any atom is -0.489 e. The molecule has 1 amide bonds. The molecule has 106 valence electrons. The van der Waals surface area contributed by atoms with Crippen molar-refractivity contribution < 1.29 is 9.53 Å². The maximum atomic E-state index is 12.0. The highest BCUT2D eigenvalue weighted by molar-refractivity contribution is 5.95. The van der Waals surface area contributed by atoms with E-state index in [-0.39, 0.29) is 12.0 Å². The molecular formula is C15H24N2O2. The van der Waals surface area contributed by atoms with Crippen molar-refractivity contribution in [3.05, 3.63) is 24.3 Å². The van der Waals surface area contributed by atoms with Crippen LogP contribution in [0.25, 0.3) is 0 Å². The van der Waals surface area contributed by atoms with Gasteiger partial charge in [0, 0.05) is 0 Å². The molecule has 1 unspecified atom stereocenters. The maximum Gasteiger partial charge on any atom is 0.241 e. The van der Waals surface area contributed by atoms with E-state index >= 15 is 0 Å². The molecule has 1 aromatic rings. The molecule has 0 aliphatic rings. The predicted octanol–water partition coefficient (Wildman–Crippen LogP) is 2.93. The Balaban J connectivity index is 2.68. The van der Waals surface area contributed by atoms with Gasteiger partial charge in [0.15, 0.2) is 0 Å². The highest BCUT2D eigenvalue weighted by Crippen LogP contribution is 2.25. The summed E-state index contributed by atoms with van der Waals surface area (Å²) in [5.41, 5.74) is 6.52. The van der Waals surface area contributed by atoms with Crippen molar-refractivity contribution in [2.75, 3.05) is 5.32 Å². The number of hydrogen-bond acceptors (Lipinski definition) is 3. The standard InChI is InChI=1S/C15H24N2O2/c1-4-5-8-12(16)15(18)17-13-9-6-7-10-14(13)19-11(2)3/h6-7,9-12H,4-5,8,16H2,1-3H3,(H,17,18). The number of carbonyl (C=O) groups is 1. The number of nitrogens with two attached hydrogens (primary N) is 1. The van der Waals surface area contributed by atoms with Crippen LogP contribution < -0.4 is 15.8 Å². The molecule has 0 aliphatic carbocycles. The van der Waals surface area contributed by atoms with Gasteiger partial charge < -0.3 is 15.8 Å². The smallest absolute Gasteiger partial charge is 0.241 e. The number of hydrogen-bond donors (Lipinski definition) is 2. The Labute approximate surface area is 115 Å². The SMILES string of the molecule is CCCCC(N)C(=O)Nc1ccccc1OC(C)C. The summed E-state index contributed by atoms with van der Waals surface area (Å²) in [5.74, 6) is 0.516. The van der Waals surface area contributed by atoms with Crippen LogP contribution >= 0.6 is 0 Å². The van der Waals surface area contributed by atoms with Crippen LogP contribution in [0.3, 0.4) is 0 Å².